The first-order chi connectivity index (χ1) is 15.5. The highest BCUT2D eigenvalue weighted by atomic mass is 32.1. The van der Waals surface area contributed by atoms with E-state index < -0.39 is 0 Å². The second-order valence-corrected chi connectivity index (χ2v) is 9.48. The quantitative estimate of drug-likeness (QED) is 0.632. The van der Waals surface area contributed by atoms with Gasteiger partial charge in [-0.15, -0.1) is 0 Å². The summed E-state index contributed by atoms with van der Waals surface area (Å²) < 4.78 is 13.1. The molecule has 0 spiro atoms. The molecule has 0 bridgehead atoms. The molecule has 1 aromatic carbocycles. The molecule has 0 radical (unpaired) electrons. The van der Waals surface area contributed by atoms with Crippen molar-refractivity contribution in [2.45, 2.75) is 58.5 Å². The van der Waals surface area contributed by atoms with E-state index in [1.54, 1.807) is 12.1 Å². The van der Waals surface area contributed by atoms with E-state index in [1.165, 1.54) is 44.2 Å². The zero-order valence-electron chi connectivity index (χ0n) is 19.0. The third kappa shape index (κ3) is 5.85. The van der Waals surface area contributed by atoms with Gasteiger partial charge in [-0.05, 0) is 74.9 Å². The van der Waals surface area contributed by atoms with Crippen LogP contribution in [-0.2, 0) is 6.54 Å². The van der Waals surface area contributed by atoms with Gasteiger partial charge in [-0.2, -0.15) is 9.97 Å². The van der Waals surface area contributed by atoms with Crippen molar-refractivity contribution in [3.8, 4) is 0 Å². The van der Waals surface area contributed by atoms with E-state index in [0.29, 0.717) is 29.6 Å². The molecule has 0 unspecified atom stereocenters. The van der Waals surface area contributed by atoms with E-state index in [-0.39, 0.29) is 5.82 Å². The molecule has 0 amide bonds. The van der Waals surface area contributed by atoms with E-state index in [9.17, 15) is 4.39 Å². The molecule has 8 heteroatoms. The highest BCUT2D eigenvalue weighted by molar-refractivity contribution is 7.80. The summed E-state index contributed by atoms with van der Waals surface area (Å²) in [6, 6.07) is 8.99. The Labute approximate surface area is 195 Å². The van der Waals surface area contributed by atoms with Crippen molar-refractivity contribution in [2.24, 2.45) is 5.92 Å². The highest BCUT2D eigenvalue weighted by Crippen LogP contribution is 2.29. The van der Waals surface area contributed by atoms with Gasteiger partial charge in [0.2, 0.25) is 5.95 Å². The summed E-state index contributed by atoms with van der Waals surface area (Å²) in [5.41, 5.74) is 0.954. The average molecular weight is 457 g/mol. The summed E-state index contributed by atoms with van der Waals surface area (Å²) >= 11 is 5.50. The largest absolute Gasteiger partial charge is 0.358 e. The number of nitrogens with zero attached hydrogens (tertiary/aromatic N) is 4. The fraction of sp³-hybridized carbons (Fsp3) is 0.542. The van der Waals surface area contributed by atoms with Crippen LogP contribution in [0.4, 0.5) is 22.0 Å². The van der Waals surface area contributed by atoms with E-state index in [2.05, 4.69) is 40.3 Å². The molecule has 172 valence electrons. The zero-order chi connectivity index (χ0) is 22.5. The Morgan fingerprint density at radius 3 is 2.59 bits per heavy atom. The monoisotopic (exact) mass is 456 g/mol. The maximum absolute atomic E-state index is 13.1. The van der Waals surface area contributed by atoms with Crippen LogP contribution in [0, 0.1) is 11.7 Å². The minimum atomic E-state index is -0.244. The van der Waals surface area contributed by atoms with Gasteiger partial charge in [0.15, 0.2) is 5.11 Å². The number of hydrogen-bond donors (Lipinski definition) is 2. The average Bonchev–Trinajstić information content (AvgIpc) is 2.79. The number of piperidine rings is 2. The van der Waals surface area contributed by atoms with Crippen LogP contribution in [-0.4, -0.2) is 40.8 Å². The molecule has 0 saturated carbocycles. The second kappa shape index (κ2) is 10.4. The fourth-order valence-corrected chi connectivity index (χ4v) is 4.72. The van der Waals surface area contributed by atoms with Gasteiger partial charge in [-0.3, -0.25) is 0 Å². The lowest BCUT2D eigenvalue weighted by Crippen LogP contribution is -2.39. The van der Waals surface area contributed by atoms with Gasteiger partial charge in [0.05, 0.1) is 0 Å². The van der Waals surface area contributed by atoms with Crippen molar-refractivity contribution in [2.75, 3.05) is 34.8 Å². The van der Waals surface area contributed by atoms with Crippen LogP contribution >= 0.6 is 12.2 Å². The maximum Gasteiger partial charge on any atom is 0.232 e. The Bertz CT molecular complexity index is 921. The number of anilines is 3. The zero-order valence-corrected chi connectivity index (χ0v) is 19.8. The summed E-state index contributed by atoms with van der Waals surface area (Å²) in [7, 11) is 0. The summed E-state index contributed by atoms with van der Waals surface area (Å²) in [4.78, 5) is 14.4. The van der Waals surface area contributed by atoms with Gasteiger partial charge in [0.1, 0.15) is 17.5 Å². The van der Waals surface area contributed by atoms with Crippen molar-refractivity contribution < 1.29 is 4.39 Å². The first-order valence-corrected chi connectivity index (χ1v) is 12.1. The van der Waals surface area contributed by atoms with Gasteiger partial charge in [0.25, 0.3) is 0 Å². The van der Waals surface area contributed by atoms with Gasteiger partial charge in [-0.1, -0.05) is 19.1 Å². The first kappa shape index (κ1) is 22.7. The van der Waals surface area contributed by atoms with Crippen molar-refractivity contribution in [1.29, 1.82) is 0 Å². The molecule has 2 saturated heterocycles. The van der Waals surface area contributed by atoms with E-state index in [0.717, 1.165) is 36.8 Å². The molecule has 2 atom stereocenters. The summed E-state index contributed by atoms with van der Waals surface area (Å²) in [5, 5.41) is 6.81. The number of thiocarbonyl (C=S) groups is 1. The second-order valence-electron chi connectivity index (χ2n) is 9.07. The van der Waals surface area contributed by atoms with Crippen LogP contribution in [0.2, 0.25) is 0 Å². The fourth-order valence-electron chi connectivity index (χ4n) is 4.55. The van der Waals surface area contributed by atoms with Crippen molar-refractivity contribution >= 4 is 34.9 Å². The standard InChI is InChI=1S/C24H33FN6S/c1-17-6-5-12-30(16-17)21-14-22(31-13-4-3-7-18(31)2)28-23(27-21)29-24(32)26-15-19-8-10-20(25)11-9-19/h8-11,14,17-18H,3-7,12-13,15-16H2,1-2H3,(H2,26,27,28,29,32)/t17-,18+/m0/s1. The van der Waals surface area contributed by atoms with Crippen LogP contribution in [0.3, 0.4) is 0 Å². The van der Waals surface area contributed by atoms with E-state index in [4.69, 9.17) is 22.2 Å². The smallest absolute Gasteiger partial charge is 0.232 e. The minimum Gasteiger partial charge on any atom is -0.358 e. The van der Waals surface area contributed by atoms with Crippen molar-refractivity contribution in [3.05, 3.63) is 41.7 Å². The Morgan fingerprint density at radius 2 is 1.84 bits per heavy atom. The lowest BCUT2D eigenvalue weighted by atomic mass is 10.0. The summed E-state index contributed by atoms with van der Waals surface area (Å²) in [5.74, 6) is 2.86. The number of aromatic nitrogens is 2. The van der Waals surface area contributed by atoms with Crippen LogP contribution in [0.25, 0.3) is 0 Å². The van der Waals surface area contributed by atoms with Gasteiger partial charge < -0.3 is 20.4 Å². The third-order valence-corrected chi connectivity index (χ3v) is 6.62. The summed E-state index contributed by atoms with van der Waals surface area (Å²) in [6.45, 7) is 8.12. The molecular formula is C24H33FN6S. The predicted octanol–water partition coefficient (Wildman–Crippen LogP) is 4.72. The SMILES string of the molecule is C[C@H]1CCCN(c2cc(N3CCCC[C@H]3C)nc(NC(=S)NCc3ccc(F)cc3)n2)C1. The number of nitrogens with one attached hydrogen (secondary N) is 2. The highest BCUT2D eigenvalue weighted by Gasteiger charge is 2.24. The molecule has 6 nitrogen and oxygen atoms in total. The van der Waals surface area contributed by atoms with E-state index >= 15 is 0 Å². The Kier molecular flexibility index (Phi) is 7.40. The van der Waals surface area contributed by atoms with Crippen LogP contribution in [0.1, 0.15) is 51.5 Å². The van der Waals surface area contributed by atoms with Crippen molar-refractivity contribution in [1.82, 2.24) is 15.3 Å². The predicted molar refractivity (Wildman–Crippen MR) is 133 cm³/mol. The normalized spacial score (nSPS) is 21.3. The molecule has 3 heterocycles. The van der Waals surface area contributed by atoms with Crippen LogP contribution in [0.5, 0.6) is 0 Å². The van der Waals surface area contributed by atoms with E-state index in [1.807, 2.05) is 0 Å². The molecule has 2 N–H and O–H groups in total. The molecule has 1 aromatic heterocycles. The lowest BCUT2D eigenvalue weighted by molar-refractivity contribution is 0.444. The molecule has 2 aromatic rings. The van der Waals surface area contributed by atoms with Gasteiger partial charge >= 0.3 is 0 Å². The maximum atomic E-state index is 13.1. The van der Waals surface area contributed by atoms with Gasteiger partial charge in [0, 0.05) is 38.3 Å². The number of halogens is 1. The van der Waals surface area contributed by atoms with Crippen LogP contribution in [0.15, 0.2) is 30.3 Å². The molecule has 32 heavy (non-hydrogen) atoms. The topological polar surface area (TPSA) is 56.3 Å². The Hall–Kier alpha value is -2.48. The molecule has 4 rings (SSSR count). The van der Waals surface area contributed by atoms with Gasteiger partial charge in [-0.25, -0.2) is 4.39 Å². The van der Waals surface area contributed by atoms with Crippen LogP contribution < -0.4 is 20.4 Å². The number of hydrogen-bond acceptors (Lipinski definition) is 5. The third-order valence-electron chi connectivity index (χ3n) is 6.37. The Balaban J connectivity index is 1.51. The Morgan fingerprint density at radius 1 is 1.06 bits per heavy atom. The first-order valence-electron chi connectivity index (χ1n) is 11.7. The molecule has 2 fully saturated rings. The molecule has 2 aliphatic heterocycles. The minimum absolute atomic E-state index is 0.244. The molecule has 2 aliphatic rings. The molecular weight excluding hydrogens is 423 g/mol. The number of benzene rings is 1. The lowest BCUT2D eigenvalue weighted by Gasteiger charge is -2.36. The molecule has 0 aliphatic carbocycles. The van der Waals surface area contributed by atoms with Crippen molar-refractivity contribution in [3.63, 3.8) is 0 Å². The number of rotatable bonds is 5. The summed E-state index contributed by atoms with van der Waals surface area (Å²) in [6.07, 6.45) is 6.08.